The topological polar surface area (TPSA) is 40.5 Å². The van der Waals surface area contributed by atoms with E-state index in [1.165, 1.54) is 5.56 Å². The van der Waals surface area contributed by atoms with Crippen LogP contribution < -0.4 is 0 Å². The number of rotatable bonds is 4. The van der Waals surface area contributed by atoms with Crippen molar-refractivity contribution in [3.05, 3.63) is 35.9 Å². The second-order valence-corrected chi connectivity index (χ2v) is 5.51. The fourth-order valence-electron chi connectivity index (χ4n) is 3.07. The summed E-state index contributed by atoms with van der Waals surface area (Å²) in [6.07, 6.45) is 0. The number of benzene rings is 1. The highest BCUT2D eigenvalue weighted by Gasteiger charge is 2.41. The minimum atomic E-state index is 0.188. The predicted molar refractivity (Wildman–Crippen MR) is 67.2 cm³/mol. The molecule has 1 fully saturated rings. The molecule has 0 saturated carbocycles. The molecule has 3 nitrogen and oxygen atoms in total. The van der Waals surface area contributed by atoms with Gasteiger partial charge in [0.15, 0.2) is 0 Å². The maximum atomic E-state index is 9.34. The van der Waals surface area contributed by atoms with Crippen LogP contribution in [0.3, 0.4) is 0 Å². The molecular weight excluding hydrogens is 214 g/mol. The molecule has 0 aliphatic carbocycles. The van der Waals surface area contributed by atoms with Gasteiger partial charge in [-0.1, -0.05) is 30.3 Å². The fourth-order valence-corrected chi connectivity index (χ4v) is 3.07. The number of quaternary nitrogens is 1. The van der Waals surface area contributed by atoms with Crippen LogP contribution in [0.4, 0.5) is 0 Å². The molecule has 2 unspecified atom stereocenters. The third-order valence-electron chi connectivity index (χ3n) is 3.89. The van der Waals surface area contributed by atoms with Crippen LogP contribution in [0.15, 0.2) is 30.3 Å². The van der Waals surface area contributed by atoms with Gasteiger partial charge >= 0.3 is 0 Å². The lowest BCUT2D eigenvalue weighted by atomic mass is 9.98. The average Bonchev–Trinajstić information content (AvgIpc) is 2.67. The van der Waals surface area contributed by atoms with E-state index in [0.29, 0.717) is 0 Å². The SMILES string of the molecule is C[N+]1(Cc2ccccc2)CC(CO)C(CO)C1. The zero-order valence-electron chi connectivity index (χ0n) is 10.4. The standard InChI is InChI=1S/C14H22NO2/c1-15(7-12-5-3-2-4-6-12)8-13(10-16)14(9-15)11-17/h2-6,13-14,16-17H,7-11H2,1H3/q+1. The largest absolute Gasteiger partial charge is 0.396 e. The zero-order valence-corrected chi connectivity index (χ0v) is 10.4. The van der Waals surface area contributed by atoms with Gasteiger partial charge in [-0.05, 0) is 0 Å². The minimum Gasteiger partial charge on any atom is -0.396 e. The van der Waals surface area contributed by atoms with E-state index in [9.17, 15) is 10.2 Å². The Bertz CT molecular complexity index is 340. The lowest BCUT2D eigenvalue weighted by Gasteiger charge is -2.30. The van der Waals surface area contributed by atoms with Gasteiger partial charge in [0.2, 0.25) is 0 Å². The van der Waals surface area contributed by atoms with Crippen LogP contribution in [0.5, 0.6) is 0 Å². The summed E-state index contributed by atoms with van der Waals surface area (Å²) in [7, 11) is 2.21. The molecule has 0 bridgehead atoms. The Hall–Kier alpha value is -0.900. The number of hydrogen-bond donors (Lipinski definition) is 2. The summed E-state index contributed by atoms with van der Waals surface area (Å²) in [5.74, 6) is 0.488. The average molecular weight is 236 g/mol. The lowest BCUT2D eigenvalue weighted by Crippen LogP contribution is -2.41. The van der Waals surface area contributed by atoms with Crippen molar-refractivity contribution in [2.45, 2.75) is 6.54 Å². The van der Waals surface area contributed by atoms with Gasteiger partial charge in [0.25, 0.3) is 0 Å². The first kappa shape index (κ1) is 12.6. The summed E-state index contributed by atoms with van der Waals surface area (Å²) in [5.41, 5.74) is 1.32. The molecule has 0 radical (unpaired) electrons. The van der Waals surface area contributed by atoms with Gasteiger partial charge < -0.3 is 14.7 Å². The van der Waals surface area contributed by atoms with E-state index < -0.39 is 0 Å². The first-order chi connectivity index (χ1) is 8.17. The lowest BCUT2D eigenvalue weighted by molar-refractivity contribution is -0.913. The highest BCUT2D eigenvalue weighted by Crippen LogP contribution is 2.29. The number of hydrogen-bond acceptors (Lipinski definition) is 2. The van der Waals surface area contributed by atoms with Crippen molar-refractivity contribution in [2.24, 2.45) is 11.8 Å². The maximum absolute atomic E-state index is 9.34. The van der Waals surface area contributed by atoms with Crippen LogP contribution in [0, 0.1) is 11.8 Å². The summed E-state index contributed by atoms with van der Waals surface area (Å²) in [5, 5.41) is 18.7. The van der Waals surface area contributed by atoms with Gasteiger partial charge in [0.05, 0.1) is 33.4 Å². The van der Waals surface area contributed by atoms with Crippen molar-refractivity contribution in [1.29, 1.82) is 0 Å². The van der Waals surface area contributed by atoms with E-state index in [1.54, 1.807) is 0 Å². The monoisotopic (exact) mass is 236 g/mol. The molecule has 2 rings (SSSR count). The van der Waals surface area contributed by atoms with Crippen molar-refractivity contribution < 1.29 is 14.7 Å². The molecule has 94 valence electrons. The Labute approximate surface area is 103 Å². The van der Waals surface area contributed by atoms with Gasteiger partial charge in [0.1, 0.15) is 6.54 Å². The van der Waals surface area contributed by atoms with Crippen LogP contribution in [-0.2, 0) is 6.54 Å². The molecule has 1 aromatic rings. The van der Waals surface area contributed by atoms with Gasteiger partial charge in [0, 0.05) is 17.4 Å². The smallest absolute Gasteiger partial charge is 0.104 e. The van der Waals surface area contributed by atoms with Crippen LogP contribution in [0.1, 0.15) is 5.56 Å². The van der Waals surface area contributed by atoms with Gasteiger partial charge in [-0.15, -0.1) is 0 Å². The molecule has 17 heavy (non-hydrogen) atoms. The molecule has 2 N–H and O–H groups in total. The summed E-state index contributed by atoms with van der Waals surface area (Å²) in [6.45, 7) is 3.27. The summed E-state index contributed by atoms with van der Waals surface area (Å²) >= 11 is 0. The van der Waals surface area contributed by atoms with Gasteiger partial charge in [-0.25, -0.2) is 0 Å². The van der Waals surface area contributed by atoms with Crippen molar-refractivity contribution in [3.8, 4) is 0 Å². The van der Waals surface area contributed by atoms with Gasteiger partial charge in [-0.3, -0.25) is 0 Å². The number of aliphatic hydroxyl groups is 2. The second kappa shape index (κ2) is 5.17. The fraction of sp³-hybridized carbons (Fsp3) is 0.571. The normalized spacial score (nSPS) is 32.9. The van der Waals surface area contributed by atoms with E-state index in [4.69, 9.17) is 0 Å². The van der Waals surface area contributed by atoms with Crippen molar-refractivity contribution in [2.75, 3.05) is 33.4 Å². The van der Waals surface area contributed by atoms with E-state index in [0.717, 1.165) is 24.1 Å². The molecule has 1 aliphatic rings. The minimum absolute atomic E-state index is 0.188. The molecule has 1 saturated heterocycles. The van der Waals surface area contributed by atoms with Crippen molar-refractivity contribution in [1.82, 2.24) is 0 Å². The molecule has 1 aliphatic heterocycles. The van der Waals surface area contributed by atoms with E-state index in [2.05, 4.69) is 31.3 Å². The van der Waals surface area contributed by atoms with Crippen LogP contribution in [0.2, 0.25) is 0 Å². The summed E-state index contributed by atoms with van der Waals surface area (Å²) < 4.78 is 0.917. The zero-order chi connectivity index (χ0) is 12.3. The molecule has 1 heterocycles. The second-order valence-electron chi connectivity index (χ2n) is 5.51. The number of likely N-dealkylation sites (tertiary alicyclic amines) is 1. The summed E-state index contributed by atoms with van der Waals surface area (Å²) in [4.78, 5) is 0. The molecular formula is C14H22NO2+. The molecule has 3 heteroatoms. The quantitative estimate of drug-likeness (QED) is 0.761. The number of aliphatic hydroxyl groups excluding tert-OH is 2. The Morgan fingerprint density at radius 3 is 2.06 bits per heavy atom. The van der Waals surface area contributed by atoms with E-state index >= 15 is 0 Å². The van der Waals surface area contributed by atoms with E-state index in [-0.39, 0.29) is 25.0 Å². The van der Waals surface area contributed by atoms with Crippen LogP contribution in [-0.4, -0.2) is 48.0 Å². The molecule has 0 aromatic heterocycles. The molecule has 2 atom stereocenters. The first-order valence-electron chi connectivity index (χ1n) is 6.26. The van der Waals surface area contributed by atoms with E-state index in [1.807, 2.05) is 6.07 Å². The Morgan fingerprint density at radius 2 is 1.59 bits per heavy atom. The highest BCUT2D eigenvalue weighted by molar-refractivity contribution is 5.13. The van der Waals surface area contributed by atoms with Crippen molar-refractivity contribution >= 4 is 0 Å². The number of nitrogens with zero attached hydrogens (tertiary/aromatic N) is 1. The Kier molecular flexibility index (Phi) is 3.82. The predicted octanol–water partition coefficient (Wildman–Crippen LogP) is 0.864. The third kappa shape index (κ3) is 2.86. The molecule has 1 aromatic carbocycles. The van der Waals surface area contributed by atoms with Crippen molar-refractivity contribution in [3.63, 3.8) is 0 Å². The Morgan fingerprint density at radius 1 is 1.06 bits per heavy atom. The first-order valence-corrected chi connectivity index (χ1v) is 6.26. The maximum Gasteiger partial charge on any atom is 0.104 e. The van der Waals surface area contributed by atoms with Crippen LogP contribution >= 0.6 is 0 Å². The summed E-state index contributed by atoms with van der Waals surface area (Å²) in [6, 6.07) is 10.4. The highest BCUT2D eigenvalue weighted by atomic mass is 16.3. The van der Waals surface area contributed by atoms with Crippen LogP contribution in [0.25, 0.3) is 0 Å². The van der Waals surface area contributed by atoms with Gasteiger partial charge in [-0.2, -0.15) is 0 Å². The molecule has 0 spiro atoms. The molecule has 0 amide bonds. The third-order valence-corrected chi connectivity index (χ3v) is 3.89. The Balaban J connectivity index is 2.06.